The third-order valence-corrected chi connectivity index (χ3v) is 4.21. The lowest BCUT2D eigenvalue weighted by Gasteiger charge is -2.31. The van der Waals surface area contributed by atoms with E-state index in [9.17, 15) is 14.4 Å². The normalized spacial score (nSPS) is 22.9. The predicted molar refractivity (Wildman–Crippen MR) is 76.3 cm³/mol. The number of likely N-dealkylation sites (tertiary alicyclic amines) is 1. The summed E-state index contributed by atoms with van der Waals surface area (Å²) in [6.45, 7) is 2.92. The van der Waals surface area contributed by atoms with Gasteiger partial charge in [-0.2, -0.15) is 0 Å². The van der Waals surface area contributed by atoms with Gasteiger partial charge >= 0.3 is 17.8 Å². The van der Waals surface area contributed by atoms with Crippen LogP contribution in [-0.4, -0.2) is 48.4 Å². The predicted octanol–water partition coefficient (Wildman–Crippen LogP) is 0.847. The summed E-state index contributed by atoms with van der Waals surface area (Å²) < 4.78 is 5.00. The Balaban J connectivity index is 1.85. The molecule has 2 aliphatic rings. The van der Waals surface area contributed by atoms with Gasteiger partial charge in [0.1, 0.15) is 0 Å². The molecular weight excluding hydrogens is 272 g/mol. The summed E-state index contributed by atoms with van der Waals surface area (Å²) in [6, 6.07) is 0.132. The molecule has 0 bridgehead atoms. The first-order chi connectivity index (χ1) is 10.1. The zero-order valence-corrected chi connectivity index (χ0v) is 12.6. The molecule has 6 heteroatoms. The number of carbonyl (C=O) groups is 3. The fraction of sp³-hybridized carbons (Fsp3) is 0.800. The summed E-state index contributed by atoms with van der Waals surface area (Å²) in [5.74, 6) is -1.63. The molecule has 0 spiro atoms. The van der Waals surface area contributed by atoms with Crippen molar-refractivity contribution in [2.75, 3.05) is 19.7 Å². The summed E-state index contributed by atoms with van der Waals surface area (Å²) >= 11 is 0. The Kier molecular flexibility index (Phi) is 5.59. The number of hydrogen-bond acceptors (Lipinski definition) is 4. The number of hydrogen-bond donors (Lipinski definition) is 1. The van der Waals surface area contributed by atoms with E-state index in [2.05, 4.69) is 5.32 Å². The highest BCUT2D eigenvalue weighted by atomic mass is 16.5. The maximum Gasteiger partial charge on any atom is 0.311 e. The monoisotopic (exact) mass is 296 g/mol. The Morgan fingerprint density at radius 2 is 1.86 bits per heavy atom. The SMILES string of the molecule is CCOC(=O)[C@@H]1CCCN(C(=O)C(=O)NC2CCCC2)C1. The van der Waals surface area contributed by atoms with Crippen LogP contribution < -0.4 is 5.32 Å². The van der Waals surface area contributed by atoms with Gasteiger partial charge in [0, 0.05) is 19.1 Å². The van der Waals surface area contributed by atoms with E-state index in [-0.39, 0.29) is 24.5 Å². The minimum absolute atomic E-state index is 0.132. The van der Waals surface area contributed by atoms with Crippen LogP contribution in [0.1, 0.15) is 45.4 Å². The maximum atomic E-state index is 12.2. The molecule has 1 atom stereocenters. The lowest BCUT2D eigenvalue weighted by Crippen LogP contribution is -2.50. The van der Waals surface area contributed by atoms with Crippen molar-refractivity contribution >= 4 is 17.8 Å². The number of carbonyl (C=O) groups excluding carboxylic acids is 3. The quantitative estimate of drug-likeness (QED) is 0.619. The second kappa shape index (κ2) is 7.43. The van der Waals surface area contributed by atoms with Gasteiger partial charge in [-0.3, -0.25) is 14.4 Å². The van der Waals surface area contributed by atoms with Crippen molar-refractivity contribution in [2.45, 2.75) is 51.5 Å². The highest BCUT2D eigenvalue weighted by molar-refractivity contribution is 6.35. The van der Waals surface area contributed by atoms with Gasteiger partial charge in [-0.1, -0.05) is 12.8 Å². The number of ether oxygens (including phenoxy) is 1. The Hall–Kier alpha value is -1.59. The lowest BCUT2D eigenvalue weighted by molar-refractivity contribution is -0.154. The zero-order valence-electron chi connectivity index (χ0n) is 12.6. The number of piperidine rings is 1. The average molecular weight is 296 g/mol. The van der Waals surface area contributed by atoms with Crippen molar-refractivity contribution in [2.24, 2.45) is 5.92 Å². The number of nitrogens with one attached hydrogen (secondary N) is 1. The number of amides is 2. The standard InChI is InChI=1S/C15H24N2O4/c1-2-21-15(20)11-6-5-9-17(10-11)14(19)13(18)16-12-7-3-4-8-12/h11-12H,2-10H2,1H3,(H,16,18)/t11-/m1/s1. The number of rotatable bonds is 3. The molecule has 1 aliphatic heterocycles. The van der Waals surface area contributed by atoms with Crippen LogP contribution in [0.25, 0.3) is 0 Å². The van der Waals surface area contributed by atoms with E-state index in [1.165, 1.54) is 4.90 Å². The molecule has 1 saturated heterocycles. The number of esters is 1. The Labute approximate surface area is 125 Å². The molecule has 2 rings (SSSR count). The van der Waals surface area contributed by atoms with Crippen molar-refractivity contribution in [1.29, 1.82) is 0 Å². The minimum Gasteiger partial charge on any atom is -0.466 e. The largest absolute Gasteiger partial charge is 0.466 e. The molecule has 0 unspecified atom stereocenters. The summed E-state index contributed by atoms with van der Waals surface area (Å²) in [7, 11) is 0. The van der Waals surface area contributed by atoms with Crippen LogP contribution in [0.15, 0.2) is 0 Å². The highest BCUT2D eigenvalue weighted by Gasteiger charge is 2.32. The van der Waals surface area contributed by atoms with Gasteiger partial charge in [-0.25, -0.2) is 0 Å². The molecule has 1 aliphatic carbocycles. The summed E-state index contributed by atoms with van der Waals surface area (Å²) in [5.41, 5.74) is 0. The molecular formula is C15H24N2O4. The molecule has 118 valence electrons. The van der Waals surface area contributed by atoms with Gasteiger partial charge in [-0.15, -0.1) is 0 Å². The molecule has 0 aromatic heterocycles. The molecule has 2 amide bonds. The third-order valence-electron chi connectivity index (χ3n) is 4.21. The van der Waals surface area contributed by atoms with E-state index in [4.69, 9.17) is 4.74 Å². The van der Waals surface area contributed by atoms with E-state index in [0.717, 1.165) is 32.1 Å². The minimum atomic E-state index is -0.536. The van der Waals surface area contributed by atoms with Gasteiger partial charge in [0.25, 0.3) is 0 Å². The van der Waals surface area contributed by atoms with Gasteiger partial charge in [0.15, 0.2) is 0 Å². The van der Waals surface area contributed by atoms with Crippen molar-refractivity contribution in [1.82, 2.24) is 10.2 Å². The van der Waals surface area contributed by atoms with Gasteiger partial charge in [0.05, 0.1) is 12.5 Å². The van der Waals surface area contributed by atoms with Gasteiger partial charge < -0.3 is 15.0 Å². The van der Waals surface area contributed by atoms with E-state index in [1.54, 1.807) is 6.92 Å². The Bertz CT molecular complexity index is 404. The van der Waals surface area contributed by atoms with Crippen LogP contribution in [-0.2, 0) is 19.1 Å². The van der Waals surface area contributed by atoms with E-state index in [1.807, 2.05) is 0 Å². The number of nitrogens with zero attached hydrogens (tertiary/aromatic N) is 1. The average Bonchev–Trinajstić information content (AvgIpc) is 2.99. The second-order valence-electron chi connectivity index (χ2n) is 5.80. The van der Waals surface area contributed by atoms with E-state index < -0.39 is 11.8 Å². The van der Waals surface area contributed by atoms with Gasteiger partial charge in [0.2, 0.25) is 0 Å². The van der Waals surface area contributed by atoms with Crippen LogP contribution in [0.4, 0.5) is 0 Å². The van der Waals surface area contributed by atoms with Crippen molar-refractivity contribution in [3.05, 3.63) is 0 Å². The lowest BCUT2D eigenvalue weighted by atomic mass is 9.98. The van der Waals surface area contributed by atoms with Crippen LogP contribution >= 0.6 is 0 Å². The first-order valence-electron chi connectivity index (χ1n) is 7.88. The van der Waals surface area contributed by atoms with Crippen molar-refractivity contribution in [3.63, 3.8) is 0 Å². The zero-order chi connectivity index (χ0) is 15.2. The summed E-state index contributed by atoms with van der Waals surface area (Å²) in [4.78, 5) is 37.4. The molecule has 6 nitrogen and oxygen atoms in total. The third kappa shape index (κ3) is 4.19. The molecule has 21 heavy (non-hydrogen) atoms. The van der Waals surface area contributed by atoms with Crippen molar-refractivity contribution < 1.29 is 19.1 Å². The van der Waals surface area contributed by atoms with E-state index >= 15 is 0 Å². The Morgan fingerprint density at radius 3 is 2.52 bits per heavy atom. The van der Waals surface area contributed by atoms with Crippen LogP contribution in [0.3, 0.4) is 0 Å². The molecule has 0 aromatic rings. The molecule has 0 aromatic carbocycles. The topological polar surface area (TPSA) is 75.7 Å². The first kappa shape index (κ1) is 15.8. The van der Waals surface area contributed by atoms with Crippen LogP contribution in [0.2, 0.25) is 0 Å². The maximum absolute atomic E-state index is 12.2. The molecule has 1 N–H and O–H groups in total. The van der Waals surface area contributed by atoms with Crippen LogP contribution in [0, 0.1) is 5.92 Å². The van der Waals surface area contributed by atoms with Crippen LogP contribution in [0.5, 0.6) is 0 Å². The molecule has 0 radical (unpaired) electrons. The van der Waals surface area contributed by atoms with Gasteiger partial charge in [-0.05, 0) is 32.6 Å². The first-order valence-corrected chi connectivity index (χ1v) is 7.88. The fourth-order valence-electron chi connectivity index (χ4n) is 3.07. The fourth-order valence-corrected chi connectivity index (χ4v) is 3.07. The summed E-state index contributed by atoms with van der Waals surface area (Å²) in [6.07, 6.45) is 5.55. The molecule has 1 saturated carbocycles. The summed E-state index contributed by atoms with van der Waals surface area (Å²) in [5, 5.41) is 2.80. The second-order valence-corrected chi connectivity index (χ2v) is 5.80. The Morgan fingerprint density at radius 1 is 1.14 bits per heavy atom. The molecule has 1 heterocycles. The molecule has 2 fully saturated rings. The van der Waals surface area contributed by atoms with Crippen molar-refractivity contribution in [3.8, 4) is 0 Å². The highest BCUT2D eigenvalue weighted by Crippen LogP contribution is 2.19. The van der Waals surface area contributed by atoms with E-state index in [0.29, 0.717) is 19.6 Å². The smallest absolute Gasteiger partial charge is 0.311 e.